The zero-order valence-corrected chi connectivity index (χ0v) is 22.6. The van der Waals surface area contributed by atoms with Crippen LogP contribution in [0.15, 0.2) is 65.6 Å². The zero-order chi connectivity index (χ0) is 29.4. The molecule has 41 heavy (non-hydrogen) atoms. The number of nitrogens with two attached hydrogens (primary N) is 1. The van der Waals surface area contributed by atoms with Crippen LogP contribution in [0.2, 0.25) is 0 Å². The number of likely N-dealkylation sites (tertiary alicyclic amines) is 1. The molecule has 2 heterocycles. The molecule has 2 aliphatic rings. The average molecular weight is 589 g/mol. The lowest BCUT2D eigenvalue weighted by atomic mass is 9.99. The monoisotopic (exact) mass is 588 g/mol. The van der Waals surface area contributed by atoms with Gasteiger partial charge in [-0.2, -0.15) is 0 Å². The number of hydrogen-bond donors (Lipinski definition) is 1. The van der Waals surface area contributed by atoms with Crippen molar-refractivity contribution in [2.45, 2.75) is 43.0 Å². The molecule has 0 radical (unpaired) electrons. The molecular formula is C29H27F3N2O6S. The van der Waals surface area contributed by atoms with Gasteiger partial charge in [-0.05, 0) is 65.1 Å². The van der Waals surface area contributed by atoms with Crippen molar-refractivity contribution >= 4 is 21.7 Å². The van der Waals surface area contributed by atoms with E-state index in [-0.39, 0.29) is 35.5 Å². The van der Waals surface area contributed by atoms with Crippen LogP contribution in [0.5, 0.6) is 11.5 Å². The van der Waals surface area contributed by atoms with Gasteiger partial charge in [-0.15, -0.1) is 13.2 Å². The number of carbonyl (C=O) groups excluding carboxylic acids is 2. The van der Waals surface area contributed by atoms with Gasteiger partial charge in [0, 0.05) is 25.9 Å². The summed E-state index contributed by atoms with van der Waals surface area (Å²) in [6.45, 7) is 0.835. The van der Waals surface area contributed by atoms with Crippen LogP contribution in [0.3, 0.4) is 0 Å². The summed E-state index contributed by atoms with van der Waals surface area (Å²) in [5.74, 6) is -0.751. The maximum atomic E-state index is 12.7. The number of fused-ring (bicyclic) bond motifs is 1. The maximum absolute atomic E-state index is 12.7. The van der Waals surface area contributed by atoms with E-state index in [4.69, 9.17) is 10.5 Å². The number of ether oxygens (including phenoxy) is 2. The highest BCUT2D eigenvalue weighted by Crippen LogP contribution is 2.33. The van der Waals surface area contributed by atoms with Gasteiger partial charge in [0.15, 0.2) is 9.84 Å². The summed E-state index contributed by atoms with van der Waals surface area (Å²) < 4.78 is 71.3. The predicted octanol–water partition coefficient (Wildman–Crippen LogP) is 4.29. The third kappa shape index (κ3) is 6.64. The van der Waals surface area contributed by atoms with Gasteiger partial charge < -0.3 is 20.1 Å². The largest absolute Gasteiger partial charge is 0.573 e. The van der Waals surface area contributed by atoms with Crippen LogP contribution in [0, 0.1) is 0 Å². The molecule has 0 bridgehead atoms. The number of amides is 2. The molecule has 3 aromatic carbocycles. The third-order valence-electron chi connectivity index (χ3n) is 7.21. The van der Waals surface area contributed by atoms with Crippen molar-refractivity contribution in [1.82, 2.24) is 4.90 Å². The van der Waals surface area contributed by atoms with E-state index in [0.29, 0.717) is 54.1 Å². The molecule has 0 spiro atoms. The Hall–Kier alpha value is -4.06. The quantitative estimate of drug-likeness (QED) is 0.440. The standard InChI is InChI=1S/C29H27F3N2O6S/c30-29(31,32)40-23-5-1-18(2-6-23)15-27(35)34-12-9-22(10-13-34)39-25-7-3-20(17-24(25)28(33)36)19-4-8-26-21(16-19)11-14-41(26,37)38/h1-8,16-17,22H,9-15H2,(H2,33,36). The molecule has 0 aromatic heterocycles. The van der Waals surface area contributed by atoms with Crippen LogP contribution in [0.4, 0.5) is 13.2 Å². The molecular weight excluding hydrogens is 561 g/mol. The molecule has 1 fully saturated rings. The summed E-state index contributed by atoms with van der Waals surface area (Å²) in [7, 11) is -3.24. The van der Waals surface area contributed by atoms with Crippen LogP contribution in [-0.4, -0.2) is 56.4 Å². The van der Waals surface area contributed by atoms with E-state index in [9.17, 15) is 31.2 Å². The Kier molecular flexibility index (Phi) is 7.69. The zero-order valence-electron chi connectivity index (χ0n) is 21.8. The molecule has 1 saturated heterocycles. The highest BCUT2D eigenvalue weighted by molar-refractivity contribution is 7.91. The summed E-state index contributed by atoms with van der Waals surface area (Å²) in [6.07, 6.45) is -3.52. The maximum Gasteiger partial charge on any atom is 0.573 e. The van der Waals surface area contributed by atoms with Gasteiger partial charge in [-0.3, -0.25) is 9.59 Å². The van der Waals surface area contributed by atoms with E-state index in [0.717, 1.165) is 11.1 Å². The van der Waals surface area contributed by atoms with Crippen molar-refractivity contribution in [2.24, 2.45) is 5.73 Å². The minimum Gasteiger partial charge on any atom is -0.489 e. The smallest absolute Gasteiger partial charge is 0.489 e. The Balaban J connectivity index is 1.19. The first-order valence-corrected chi connectivity index (χ1v) is 14.6. The Morgan fingerprint density at radius 3 is 2.27 bits per heavy atom. The van der Waals surface area contributed by atoms with Gasteiger partial charge in [0.05, 0.1) is 22.6 Å². The van der Waals surface area contributed by atoms with Crippen molar-refractivity contribution in [3.05, 3.63) is 77.4 Å². The van der Waals surface area contributed by atoms with Crippen molar-refractivity contribution in [3.8, 4) is 22.6 Å². The Morgan fingerprint density at radius 2 is 1.61 bits per heavy atom. The first-order valence-electron chi connectivity index (χ1n) is 13.0. The Bertz CT molecular complexity index is 1580. The van der Waals surface area contributed by atoms with Crippen LogP contribution in [0.1, 0.15) is 34.3 Å². The van der Waals surface area contributed by atoms with E-state index in [1.54, 1.807) is 35.2 Å². The Morgan fingerprint density at radius 1 is 0.951 bits per heavy atom. The number of halogens is 3. The molecule has 216 valence electrons. The summed E-state index contributed by atoms with van der Waals surface area (Å²) in [6, 6.07) is 15.4. The number of primary amides is 1. The van der Waals surface area contributed by atoms with Crippen molar-refractivity contribution in [3.63, 3.8) is 0 Å². The van der Waals surface area contributed by atoms with Crippen LogP contribution in [0.25, 0.3) is 11.1 Å². The number of aryl methyl sites for hydroxylation is 1. The number of nitrogens with zero attached hydrogens (tertiary/aromatic N) is 1. The van der Waals surface area contributed by atoms with E-state index >= 15 is 0 Å². The number of rotatable bonds is 7. The lowest BCUT2D eigenvalue weighted by Crippen LogP contribution is -2.42. The fourth-order valence-electron chi connectivity index (χ4n) is 5.11. The minimum atomic E-state index is -4.78. The normalized spacial score (nSPS) is 16.7. The lowest BCUT2D eigenvalue weighted by molar-refractivity contribution is -0.274. The van der Waals surface area contributed by atoms with Gasteiger partial charge in [-0.25, -0.2) is 8.42 Å². The fourth-order valence-corrected chi connectivity index (χ4v) is 6.66. The van der Waals surface area contributed by atoms with E-state index in [1.807, 2.05) is 6.07 Å². The van der Waals surface area contributed by atoms with E-state index < -0.39 is 22.1 Å². The third-order valence-corrected chi connectivity index (χ3v) is 9.02. The highest BCUT2D eigenvalue weighted by atomic mass is 32.2. The molecule has 0 aliphatic carbocycles. The van der Waals surface area contributed by atoms with E-state index in [2.05, 4.69) is 4.74 Å². The second-order valence-electron chi connectivity index (χ2n) is 10.0. The molecule has 2 aliphatic heterocycles. The molecule has 2 amide bonds. The predicted molar refractivity (Wildman–Crippen MR) is 143 cm³/mol. The number of carbonyl (C=O) groups is 2. The molecule has 0 unspecified atom stereocenters. The van der Waals surface area contributed by atoms with Crippen LogP contribution >= 0.6 is 0 Å². The highest BCUT2D eigenvalue weighted by Gasteiger charge is 2.31. The van der Waals surface area contributed by atoms with Crippen LogP contribution < -0.4 is 15.2 Å². The second-order valence-corrected chi connectivity index (χ2v) is 12.1. The van der Waals surface area contributed by atoms with Crippen LogP contribution in [-0.2, 0) is 27.5 Å². The van der Waals surface area contributed by atoms with E-state index in [1.165, 1.54) is 24.3 Å². The van der Waals surface area contributed by atoms with Gasteiger partial charge in [-0.1, -0.05) is 24.3 Å². The molecule has 0 atom stereocenters. The number of sulfone groups is 1. The van der Waals surface area contributed by atoms with Crippen molar-refractivity contribution < 1.29 is 40.7 Å². The molecule has 3 aromatic rings. The van der Waals surface area contributed by atoms with Gasteiger partial charge in [0.2, 0.25) is 5.91 Å². The molecule has 5 rings (SSSR count). The number of alkyl halides is 3. The first-order chi connectivity index (χ1) is 19.4. The number of hydrogen-bond acceptors (Lipinski definition) is 6. The molecule has 12 heteroatoms. The fraction of sp³-hybridized carbons (Fsp3) is 0.310. The first kappa shape index (κ1) is 28.5. The molecule has 2 N–H and O–H groups in total. The topological polar surface area (TPSA) is 116 Å². The average Bonchev–Trinajstić information content (AvgIpc) is 3.23. The summed E-state index contributed by atoms with van der Waals surface area (Å²) in [4.78, 5) is 27.0. The molecule has 0 saturated carbocycles. The van der Waals surface area contributed by atoms with Gasteiger partial charge in [0.25, 0.3) is 5.91 Å². The minimum absolute atomic E-state index is 0.0414. The lowest BCUT2D eigenvalue weighted by Gasteiger charge is -2.32. The number of benzene rings is 3. The second kappa shape index (κ2) is 11.1. The molecule has 8 nitrogen and oxygen atoms in total. The summed E-state index contributed by atoms with van der Waals surface area (Å²) >= 11 is 0. The van der Waals surface area contributed by atoms with Crippen molar-refractivity contribution in [2.75, 3.05) is 18.8 Å². The number of piperidine rings is 1. The van der Waals surface area contributed by atoms with Crippen molar-refractivity contribution in [1.29, 1.82) is 0 Å². The SMILES string of the molecule is NC(=O)c1cc(-c2ccc3c(c2)CCS3(=O)=O)ccc1OC1CCN(C(=O)Cc2ccc(OC(F)(F)F)cc2)CC1. The van der Waals surface area contributed by atoms with Gasteiger partial charge in [0.1, 0.15) is 17.6 Å². The summed E-state index contributed by atoms with van der Waals surface area (Å²) in [5.41, 5.74) is 8.64. The Labute approximate surface area is 234 Å². The summed E-state index contributed by atoms with van der Waals surface area (Å²) in [5, 5.41) is 0. The van der Waals surface area contributed by atoms with Gasteiger partial charge >= 0.3 is 6.36 Å².